The van der Waals surface area contributed by atoms with Crippen molar-refractivity contribution in [3.8, 4) is 5.75 Å². The first-order valence-corrected chi connectivity index (χ1v) is 10.1. The molecule has 0 radical (unpaired) electrons. The van der Waals surface area contributed by atoms with Crippen molar-refractivity contribution in [2.75, 3.05) is 45.3 Å². The molecular weight excluding hydrogens is 380 g/mol. The summed E-state index contributed by atoms with van der Waals surface area (Å²) in [6.07, 6.45) is 1.63. The van der Waals surface area contributed by atoms with Crippen LogP contribution in [0, 0.1) is 0 Å². The van der Waals surface area contributed by atoms with E-state index in [0.29, 0.717) is 0 Å². The lowest BCUT2D eigenvalue weighted by atomic mass is 10.0. The maximum atomic E-state index is 5.57. The molecule has 1 fully saturated rings. The molecular formula is C22H24N6O2. The van der Waals surface area contributed by atoms with Gasteiger partial charge in [-0.2, -0.15) is 4.52 Å². The highest BCUT2D eigenvalue weighted by Crippen LogP contribution is 2.27. The number of ether oxygens (including phenoxy) is 2. The number of nitrogens with zero attached hydrogens (tertiary/aromatic N) is 5. The normalized spacial score (nSPS) is 16.0. The Kier molecular flexibility index (Phi) is 5.17. The Balaban J connectivity index is 1.47. The second-order valence-electron chi connectivity index (χ2n) is 7.31. The number of benzene rings is 2. The third kappa shape index (κ3) is 3.55. The number of fused-ring (bicyclic) bond motifs is 3. The standard InChI is InChI=1S/C22H24N6O2/c1-29-17-8-6-16(7-9-17)20(27-10-12-30-13-11-27)14-23-21-18-4-2-3-5-19(18)22-25-24-15-28(22)26-21/h2-9,15,20H,10-14H2,1H3,(H,23,26)/t20-/m0/s1. The fourth-order valence-corrected chi connectivity index (χ4v) is 4.02. The lowest BCUT2D eigenvalue weighted by Gasteiger charge is -2.35. The predicted octanol–water partition coefficient (Wildman–Crippen LogP) is 2.77. The van der Waals surface area contributed by atoms with Crippen molar-refractivity contribution in [2.24, 2.45) is 0 Å². The van der Waals surface area contributed by atoms with E-state index < -0.39 is 0 Å². The van der Waals surface area contributed by atoms with Gasteiger partial charge in [-0.05, 0) is 17.7 Å². The van der Waals surface area contributed by atoms with Crippen molar-refractivity contribution in [3.05, 3.63) is 60.4 Å². The Hall–Kier alpha value is -3.23. The van der Waals surface area contributed by atoms with Crippen LogP contribution in [0.1, 0.15) is 11.6 Å². The molecule has 5 rings (SSSR count). The van der Waals surface area contributed by atoms with Gasteiger partial charge < -0.3 is 14.8 Å². The maximum Gasteiger partial charge on any atom is 0.185 e. The molecule has 1 N–H and O–H groups in total. The van der Waals surface area contributed by atoms with Crippen LogP contribution in [0.2, 0.25) is 0 Å². The van der Waals surface area contributed by atoms with E-state index in [1.807, 2.05) is 24.3 Å². The Morgan fingerprint density at radius 1 is 1.07 bits per heavy atom. The highest BCUT2D eigenvalue weighted by Gasteiger charge is 2.23. The summed E-state index contributed by atoms with van der Waals surface area (Å²) in [7, 11) is 1.69. The molecule has 4 aromatic rings. The Labute approximate surface area is 174 Å². The number of hydrogen-bond acceptors (Lipinski definition) is 7. The van der Waals surface area contributed by atoms with Crippen molar-refractivity contribution in [3.63, 3.8) is 0 Å². The minimum Gasteiger partial charge on any atom is -0.497 e. The van der Waals surface area contributed by atoms with Crippen molar-refractivity contribution >= 4 is 22.2 Å². The molecule has 1 saturated heterocycles. The van der Waals surface area contributed by atoms with Crippen LogP contribution < -0.4 is 10.1 Å². The van der Waals surface area contributed by atoms with Crippen molar-refractivity contribution in [1.82, 2.24) is 24.7 Å². The van der Waals surface area contributed by atoms with Crippen LogP contribution in [0.25, 0.3) is 16.4 Å². The second-order valence-corrected chi connectivity index (χ2v) is 7.31. The van der Waals surface area contributed by atoms with Gasteiger partial charge in [-0.3, -0.25) is 4.90 Å². The zero-order chi connectivity index (χ0) is 20.3. The lowest BCUT2D eigenvalue weighted by Crippen LogP contribution is -2.41. The van der Waals surface area contributed by atoms with E-state index in [1.54, 1.807) is 18.0 Å². The Bertz CT molecular complexity index is 1140. The summed E-state index contributed by atoms with van der Waals surface area (Å²) in [5.74, 6) is 1.68. The summed E-state index contributed by atoms with van der Waals surface area (Å²) in [5, 5.41) is 18.6. The number of rotatable bonds is 6. The van der Waals surface area contributed by atoms with Gasteiger partial charge in [0, 0.05) is 30.4 Å². The van der Waals surface area contributed by atoms with Gasteiger partial charge in [-0.1, -0.05) is 36.4 Å². The number of anilines is 1. The molecule has 154 valence electrons. The first-order valence-electron chi connectivity index (χ1n) is 10.1. The smallest absolute Gasteiger partial charge is 0.185 e. The lowest BCUT2D eigenvalue weighted by molar-refractivity contribution is 0.0187. The number of methoxy groups -OCH3 is 1. The topological polar surface area (TPSA) is 76.8 Å². The Morgan fingerprint density at radius 3 is 2.60 bits per heavy atom. The third-order valence-corrected chi connectivity index (χ3v) is 5.61. The Morgan fingerprint density at radius 2 is 1.83 bits per heavy atom. The molecule has 0 bridgehead atoms. The molecule has 1 atom stereocenters. The van der Waals surface area contributed by atoms with Crippen LogP contribution in [-0.2, 0) is 4.74 Å². The number of hydrogen-bond donors (Lipinski definition) is 1. The molecule has 8 heteroatoms. The van der Waals surface area contributed by atoms with Gasteiger partial charge in [0.2, 0.25) is 0 Å². The number of morpholine rings is 1. The van der Waals surface area contributed by atoms with E-state index >= 15 is 0 Å². The molecule has 0 saturated carbocycles. The number of nitrogens with one attached hydrogen (secondary N) is 1. The molecule has 2 aromatic carbocycles. The first-order chi connectivity index (χ1) is 14.8. The minimum atomic E-state index is 0.192. The van der Waals surface area contributed by atoms with Gasteiger partial charge in [0.15, 0.2) is 11.5 Å². The van der Waals surface area contributed by atoms with Gasteiger partial charge in [-0.25, -0.2) is 0 Å². The van der Waals surface area contributed by atoms with Crippen molar-refractivity contribution < 1.29 is 9.47 Å². The monoisotopic (exact) mass is 404 g/mol. The molecule has 0 spiro atoms. The minimum absolute atomic E-state index is 0.192. The largest absolute Gasteiger partial charge is 0.497 e. The van der Waals surface area contributed by atoms with Crippen LogP contribution in [-0.4, -0.2) is 64.7 Å². The number of aromatic nitrogens is 4. The van der Waals surface area contributed by atoms with Crippen LogP contribution in [0.15, 0.2) is 54.9 Å². The summed E-state index contributed by atoms with van der Waals surface area (Å²) in [6, 6.07) is 16.6. The summed E-state index contributed by atoms with van der Waals surface area (Å²) in [5.41, 5.74) is 2.00. The van der Waals surface area contributed by atoms with Crippen molar-refractivity contribution in [2.45, 2.75) is 6.04 Å². The zero-order valence-corrected chi connectivity index (χ0v) is 16.9. The summed E-state index contributed by atoms with van der Waals surface area (Å²) in [4.78, 5) is 2.46. The van der Waals surface area contributed by atoms with Crippen molar-refractivity contribution in [1.29, 1.82) is 0 Å². The van der Waals surface area contributed by atoms with E-state index in [0.717, 1.165) is 60.8 Å². The molecule has 1 aliphatic rings. The first kappa shape index (κ1) is 18.8. The SMILES string of the molecule is COc1ccc([C@H](CNc2nn3cnnc3c3ccccc23)N2CCOCC2)cc1. The summed E-state index contributed by atoms with van der Waals surface area (Å²) < 4.78 is 12.6. The van der Waals surface area contributed by atoms with E-state index in [4.69, 9.17) is 14.6 Å². The van der Waals surface area contributed by atoms with Gasteiger partial charge in [-0.15, -0.1) is 15.3 Å². The van der Waals surface area contributed by atoms with Gasteiger partial charge in [0.1, 0.15) is 12.1 Å². The van der Waals surface area contributed by atoms with E-state index in [9.17, 15) is 0 Å². The molecule has 0 unspecified atom stereocenters. The molecule has 1 aliphatic heterocycles. The fourth-order valence-electron chi connectivity index (χ4n) is 4.02. The molecule has 3 heterocycles. The summed E-state index contributed by atoms with van der Waals surface area (Å²) in [6.45, 7) is 4.02. The highest BCUT2D eigenvalue weighted by atomic mass is 16.5. The third-order valence-electron chi connectivity index (χ3n) is 5.61. The van der Waals surface area contributed by atoms with E-state index in [2.05, 4.69) is 44.7 Å². The average molecular weight is 404 g/mol. The molecule has 8 nitrogen and oxygen atoms in total. The van der Waals surface area contributed by atoms with Crippen LogP contribution in [0.3, 0.4) is 0 Å². The molecule has 0 amide bonds. The van der Waals surface area contributed by atoms with Crippen LogP contribution >= 0.6 is 0 Å². The molecule has 2 aromatic heterocycles. The molecule has 0 aliphatic carbocycles. The highest BCUT2D eigenvalue weighted by molar-refractivity contribution is 5.99. The van der Waals surface area contributed by atoms with Gasteiger partial charge in [0.25, 0.3) is 0 Å². The van der Waals surface area contributed by atoms with E-state index in [1.165, 1.54) is 5.56 Å². The van der Waals surface area contributed by atoms with Crippen LogP contribution in [0.5, 0.6) is 5.75 Å². The summed E-state index contributed by atoms with van der Waals surface area (Å²) >= 11 is 0. The van der Waals surface area contributed by atoms with E-state index in [-0.39, 0.29) is 6.04 Å². The molecule has 30 heavy (non-hydrogen) atoms. The zero-order valence-electron chi connectivity index (χ0n) is 16.9. The second kappa shape index (κ2) is 8.25. The predicted molar refractivity (Wildman–Crippen MR) is 115 cm³/mol. The maximum absolute atomic E-state index is 5.57. The average Bonchev–Trinajstić information content (AvgIpc) is 3.29. The quantitative estimate of drug-likeness (QED) is 0.529. The van der Waals surface area contributed by atoms with Crippen LogP contribution in [0.4, 0.5) is 5.82 Å². The fraction of sp³-hybridized carbons (Fsp3) is 0.318. The van der Waals surface area contributed by atoms with Gasteiger partial charge >= 0.3 is 0 Å². The van der Waals surface area contributed by atoms with Gasteiger partial charge in [0.05, 0.1) is 26.4 Å².